The van der Waals surface area contributed by atoms with Gasteiger partial charge in [0.25, 0.3) is 0 Å². The summed E-state index contributed by atoms with van der Waals surface area (Å²) in [7, 11) is 3.37. The molecule has 5 heteroatoms. The first-order valence-corrected chi connectivity index (χ1v) is 6.89. The average molecular weight is 280 g/mol. The van der Waals surface area contributed by atoms with Gasteiger partial charge in [0.2, 0.25) is 0 Å². The number of benzene rings is 1. The fourth-order valence-electron chi connectivity index (χ4n) is 2.42. The van der Waals surface area contributed by atoms with Crippen molar-refractivity contribution in [1.29, 1.82) is 0 Å². The van der Waals surface area contributed by atoms with Crippen molar-refractivity contribution in [1.82, 2.24) is 10.2 Å². The summed E-state index contributed by atoms with van der Waals surface area (Å²) in [5.41, 5.74) is 0.824. The third kappa shape index (κ3) is 3.77. The van der Waals surface area contributed by atoms with Crippen LogP contribution in [-0.2, 0) is 11.3 Å². The van der Waals surface area contributed by atoms with Gasteiger partial charge in [0.05, 0.1) is 12.7 Å². The summed E-state index contributed by atoms with van der Waals surface area (Å²) >= 11 is 0. The zero-order chi connectivity index (χ0) is 14.5. The molecule has 20 heavy (non-hydrogen) atoms. The minimum atomic E-state index is -0.641. The Kier molecular flexibility index (Phi) is 5.09. The molecule has 0 radical (unpaired) electrons. The number of nitrogens with one attached hydrogen (secondary N) is 1. The lowest BCUT2D eigenvalue weighted by atomic mass is 10.0. The van der Waals surface area contributed by atoms with E-state index in [1.165, 1.54) is 19.2 Å². The second kappa shape index (κ2) is 6.81. The molecule has 1 N–H and O–H groups in total. The van der Waals surface area contributed by atoms with Gasteiger partial charge in [-0.3, -0.25) is 0 Å². The molecule has 0 aromatic heterocycles. The summed E-state index contributed by atoms with van der Waals surface area (Å²) < 4.78 is 18.3. The van der Waals surface area contributed by atoms with Gasteiger partial charge >= 0.3 is 5.97 Å². The summed E-state index contributed by atoms with van der Waals surface area (Å²) in [6.45, 7) is 2.80. The smallest absolute Gasteiger partial charge is 0.340 e. The Morgan fingerprint density at radius 3 is 2.75 bits per heavy atom. The normalized spacial score (nSPS) is 17.1. The molecule has 0 amide bonds. The monoisotopic (exact) mass is 280 g/mol. The predicted molar refractivity (Wildman–Crippen MR) is 75.1 cm³/mol. The number of methoxy groups -OCH3 is 1. The van der Waals surface area contributed by atoms with Crippen LogP contribution < -0.4 is 5.32 Å². The van der Waals surface area contributed by atoms with Crippen molar-refractivity contribution in [3.05, 3.63) is 35.1 Å². The number of esters is 1. The van der Waals surface area contributed by atoms with Crippen molar-refractivity contribution < 1.29 is 13.9 Å². The molecule has 1 saturated heterocycles. The van der Waals surface area contributed by atoms with E-state index in [-0.39, 0.29) is 5.56 Å². The Bertz CT molecular complexity index is 471. The number of nitrogens with zero attached hydrogens (tertiary/aromatic N) is 1. The Balaban J connectivity index is 1.90. The summed E-state index contributed by atoms with van der Waals surface area (Å²) in [4.78, 5) is 13.6. The van der Waals surface area contributed by atoms with Crippen molar-refractivity contribution >= 4 is 5.97 Å². The molecule has 2 rings (SSSR count). The maximum atomic E-state index is 13.8. The Labute approximate surface area is 118 Å². The van der Waals surface area contributed by atoms with Gasteiger partial charge in [-0.15, -0.1) is 0 Å². The van der Waals surface area contributed by atoms with Gasteiger partial charge in [-0.25, -0.2) is 9.18 Å². The van der Waals surface area contributed by atoms with Crippen molar-refractivity contribution in [2.45, 2.75) is 25.4 Å². The first-order chi connectivity index (χ1) is 9.60. The molecule has 4 nitrogen and oxygen atoms in total. The largest absolute Gasteiger partial charge is 0.465 e. The number of hydrogen-bond donors (Lipinski definition) is 1. The number of ether oxygens (including phenoxy) is 1. The molecule has 1 aromatic carbocycles. The van der Waals surface area contributed by atoms with Gasteiger partial charge in [-0.1, -0.05) is 6.07 Å². The second-order valence-electron chi connectivity index (χ2n) is 5.26. The minimum Gasteiger partial charge on any atom is -0.465 e. The minimum absolute atomic E-state index is 0.0180. The highest BCUT2D eigenvalue weighted by Crippen LogP contribution is 2.13. The van der Waals surface area contributed by atoms with E-state index in [1.54, 1.807) is 6.07 Å². The first-order valence-electron chi connectivity index (χ1n) is 6.89. The van der Waals surface area contributed by atoms with E-state index < -0.39 is 11.8 Å². The highest BCUT2D eigenvalue weighted by atomic mass is 19.1. The number of carbonyl (C=O) groups is 1. The molecule has 1 fully saturated rings. The number of carbonyl (C=O) groups excluding carboxylic acids is 1. The van der Waals surface area contributed by atoms with Crippen molar-refractivity contribution in [2.75, 3.05) is 27.2 Å². The van der Waals surface area contributed by atoms with Crippen molar-refractivity contribution in [3.63, 3.8) is 0 Å². The number of halogens is 1. The van der Waals surface area contributed by atoms with Crippen LogP contribution in [0.1, 0.15) is 28.8 Å². The fraction of sp³-hybridized carbons (Fsp3) is 0.533. The molecule has 110 valence electrons. The Morgan fingerprint density at radius 1 is 1.45 bits per heavy atom. The predicted octanol–water partition coefficient (Wildman–Crippen LogP) is 1.80. The van der Waals surface area contributed by atoms with E-state index in [0.717, 1.165) is 31.5 Å². The first kappa shape index (κ1) is 14.9. The third-order valence-corrected chi connectivity index (χ3v) is 3.75. The second-order valence-corrected chi connectivity index (χ2v) is 5.26. The lowest BCUT2D eigenvalue weighted by Gasteiger charge is -2.29. The molecular weight excluding hydrogens is 259 g/mol. The molecule has 0 spiro atoms. The van der Waals surface area contributed by atoms with E-state index in [1.807, 2.05) is 0 Å². The fourth-order valence-corrected chi connectivity index (χ4v) is 2.42. The van der Waals surface area contributed by atoms with Crippen LogP contribution in [0.25, 0.3) is 0 Å². The summed E-state index contributed by atoms with van der Waals surface area (Å²) in [6, 6.07) is 5.12. The number of likely N-dealkylation sites (tertiary alicyclic amines) is 1. The zero-order valence-corrected chi connectivity index (χ0v) is 12.0. The summed E-state index contributed by atoms with van der Waals surface area (Å²) in [5, 5.41) is 3.44. The van der Waals surface area contributed by atoms with E-state index in [0.29, 0.717) is 12.6 Å². The van der Waals surface area contributed by atoms with E-state index >= 15 is 0 Å². The number of piperidine rings is 1. The molecule has 0 atom stereocenters. The maximum Gasteiger partial charge on any atom is 0.340 e. The third-order valence-electron chi connectivity index (χ3n) is 3.75. The topological polar surface area (TPSA) is 41.6 Å². The summed E-state index contributed by atoms with van der Waals surface area (Å²) in [6.07, 6.45) is 2.22. The van der Waals surface area contributed by atoms with Crippen LogP contribution in [0, 0.1) is 5.82 Å². The molecule has 0 saturated carbocycles. The van der Waals surface area contributed by atoms with Gasteiger partial charge in [-0.05, 0) is 50.7 Å². The Hall–Kier alpha value is -1.46. The molecule has 1 heterocycles. The molecule has 1 aliphatic heterocycles. The number of rotatable bonds is 4. The SMILES string of the molecule is COC(=O)c1ccc(CNC2CCN(C)CC2)cc1F. The van der Waals surface area contributed by atoms with E-state index in [9.17, 15) is 9.18 Å². The van der Waals surface area contributed by atoms with Crippen LogP contribution in [0.15, 0.2) is 18.2 Å². The van der Waals surface area contributed by atoms with Gasteiger partial charge in [0, 0.05) is 12.6 Å². The quantitative estimate of drug-likeness (QED) is 0.854. The van der Waals surface area contributed by atoms with Gasteiger partial charge in [-0.2, -0.15) is 0 Å². The van der Waals surface area contributed by atoms with Crippen LogP contribution in [0.3, 0.4) is 0 Å². The van der Waals surface area contributed by atoms with Crippen molar-refractivity contribution in [2.24, 2.45) is 0 Å². The van der Waals surface area contributed by atoms with E-state index in [2.05, 4.69) is 22.0 Å². The molecule has 1 aromatic rings. The molecule has 0 bridgehead atoms. The Morgan fingerprint density at radius 2 is 2.15 bits per heavy atom. The average Bonchev–Trinajstić information content (AvgIpc) is 2.46. The maximum absolute atomic E-state index is 13.8. The van der Waals surface area contributed by atoms with Crippen LogP contribution in [0.2, 0.25) is 0 Å². The zero-order valence-electron chi connectivity index (χ0n) is 12.0. The van der Waals surface area contributed by atoms with Crippen molar-refractivity contribution in [3.8, 4) is 0 Å². The molecular formula is C15H21FN2O2. The number of hydrogen-bond acceptors (Lipinski definition) is 4. The van der Waals surface area contributed by atoms with Crippen LogP contribution in [-0.4, -0.2) is 44.2 Å². The van der Waals surface area contributed by atoms with Gasteiger partial charge in [0.1, 0.15) is 5.82 Å². The van der Waals surface area contributed by atoms with Crippen LogP contribution in [0.4, 0.5) is 4.39 Å². The standard InChI is InChI=1S/C15H21FN2O2/c1-18-7-5-12(6-8-18)17-10-11-3-4-13(14(16)9-11)15(19)20-2/h3-4,9,12,17H,5-8,10H2,1-2H3. The highest BCUT2D eigenvalue weighted by Gasteiger charge is 2.16. The molecule has 0 aliphatic carbocycles. The lowest BCUT2D eigenvalue weighted by molar-refractivity contribution is 0.0595. The van der Waals surface area contributed by atoms with Gasteiger partial charge in [0.15, 0.2) is 0 Å². The van der Waals surface area contributed by atoms with Crippen LogP contribution in [0.5, 0.6) is 0 Å². The van der Waals surface area contributed by atoms with E-state index in [4.69, 9.17) is 0 Å². The summed E-state index contributed by atoms with van der Waals surface area (Å²) in [5.74, 6) is -1.17. The molecule has 1 aliphatic rings. The highest BCUT2D eigenvalue weighted by molar-refractivity contribution is 5.89. The lowest BCUT2D eigenvalue weighted by Crippen LogP contribution is -2.40. The molecule has 0 unspecified atom stereocenters. The van der Waals surface area contributed by atoms with Gasteiger partial charge < -0.3 is 15.0 Å². The van der Waals surface area contributed by atoms with Crippen LogP contribution >= 0.6 is 0 Å².